The van der Waals surface area contributed by atoms with Gasteiger partial charge >= 0.3 is 5.97 Å². The summed E-state index contributed by atoms with van der Waals surface area (Å²) in [6, 6.07) is 15.8. The van der Waals surface area contributed by atoms with Crippen molar-refractivity contribution in [3.05, 3.63) is 72.5 Å². The van der Waals surface area contributed by atoms with Crippen LogP contribution in [-0.4, -0.2) is 5.97 Å². The second-order valence-electron chi connectivity index (χ2n) is 7.39. The van der Waals surface area contributed by atoms with E-state index in [1.54, 1.807) is 24.3 Å². The maximum absolute atomic E-state index is 12.4. The minimum atomic E-state index is -0.0939. The van der Waals surface area contributed by atoms with Gasteiger partial charge in [-0.15, -0.1) is 0 Å². The molecule has 2 aromatic rings. The summed E-state index contributed by atoms with van der Waals surface area (Å²) in [6.07, 6.45) is 7.04. The van der Waals surface area contributed by atoms with Gasteiger partial charge in [0.05, 0.1) is 12.2 Å². The molecule has 2 aliphatic carbocycles. The summed E-state index contributed by atoms with van der Waals surface area (Å²) in [7, 11) is 0. The molecule has 4 rings (SSSR count). The van der Waals surface area contributed by atoms with Gasteiger partial charge in [-0.3, -0.25) is 4.79 Å². The molecule has 134 valence electrons. The second kappa shape index (κ2) is 7.36. The number of benzene rings is 2. The van der Waals surface area contributed by atoms with E-state index in [9.17, 15) is 4.79 Å². The highest BCUT2D eigenvalue weighted by atomic mass is 16.5. The molecule has 0 bridgehead atoms. The molecule has 3 nitrogen and oxygen atoms in total. The Kier molecular flexibility index (Phi) is 4.79. The molecule has 0 aromatic heterocycles. The third-order valence-corrected chi connectivity index (χ3v) is 5.57. The molecule has 0 radical (unpaired) electrons. The van der Waals surface area contributed by atoms with Crippen molar-refractivity contribution in [1.82, 2.24) is 0 Å². The Morgan fingerprint density at radius 2 is 1.81 bits per heavy atom. The lowest BCUT2D eigenvalue weighted by Crippen LogP contribution is -2.16. The van der Waals surface area contributed by atoms with Crippen LogP contribution in [0.15, 0.2) is 61.4 Å². The molecular formula is C23H24O3. The SMILES string of the molecule is C=COc1ccc(OC(=O)C2CC2CC2CCc3ccccc3C2)cc1. The summed E-state index contributed by atoms with van der Waals surface area (Å²) in [6.45, 7) is 3.52. The van der Waals surface area contributed by atoms with Crippen LogP contribution in [0.1, 0.15) is 30.4 Å². The molecule has 0 spiro atoms. The molecule has 1 fully saturated rings. The van der Waals surface area contributed by atoms with Crippen LogP contribution >= 0.6 is 0 Å². The van der Waals surface area contributed by atoms with Crippen LogP contribution < -0.4 is 9.47 Å². The fraction of sp³-hybridized carbons (Fsp3) is 0.348. The van der Waals surface area contributed by atoms with Gasteiger partial charge in [0.2, 0.25) is 0 Å². The van der Waals surface area contributed by atoms with Gasteiger partial charge in [0, 0.05) is 0 Å². The van der Waals surface area contributed by atoms with Crippen LogP contribution in [0.3, 0.4) is 0 Å². The highest BCUT2D eigenvalue weighted by molar-refractivity contribution is 5.78. The molecule has 0 N–H and O–H groups in total. The van der Waals surface area contributed by atoms with Crippen molar-refractivity contribution in [2.75, 3.05) is 0 Å². The first-order valence-corrected chi connectivity index (χ1v) is 9.39. The molecule has 0 heterocycles. The minimum Gasteiger partial charge on any atom is -0.466 e. The Morgan fingerprint density at radius 3 is 2.58 bits per heavy atom. The molecule has 3 atom stereocenters. The molecule has 3 unspecified atom stereocenters. The molecular weight excluding hydrogens is 324 g/mol. The smallest absolute Gasteiger partial charge is 0.314 e. The topological polar surface area (TPSA) is 35.5 Å². The molecule has 0 amide bonds. The molecule has 2 aromatic carbocycles. The number of hydrogen-bond acceptors (Lipinski definition) is 3. The van der Waals surface area contributed by atoms with E-state index in [0.29, 0.717) is 23.3 Å². The first-order valence-electron chi connectivity index (χ1n) is 9.39. The summed E-state index contributed by atoms with van der Waals surface area (Å²) < 4.78 is 10.7. The van der Waals surface area contributed by atoms with E-state index in [4.69, 9.17) is 9.47 Å². The summed E-state index contributed by atoms with van der Waals surface area (Å²) >= 11 is 0. The van der Waals surface area contributed by atoms with E-state index < -0.39 is 0 Å². The lowest BCUT2D eigenvalue weighted by atomic mass is 9.81. The largest absolute Gasteiger partial charge is 0.466 e. The van der Waals surface area contributed by atoms with E-state index in [2.05, 4.69) is 30.8 Å². The predicted molar refractivity (Wildman–Crippen MR) is 101 cm³/mol. The number of fused-ring (bicyclic) bond motifs is 1. The quantitative estimate of drug-likeness (QED) is 0.421. The third kappa shape index (κ3) is 3.82. The monoisotopic (exact) mass is 348 g/mol. The van der Waals surface area contributed by atoms with Crippen molar-refractivity contribution in [3.8, 4) is 11.5 Å². The number of ether oxygens (including phenoxy) is 2. The summed E-state index contributed by atoms with van der Waals surface area (Å²) in [4.78, 5) is 12.4. The van der Waals surface area contributed by atoms with Crippen molar-refractivity contribution in [2.45, 2.75) is 32.1 Å². The molecule has 3 heteroatoms. The standard InChI is InChI=1S/C23H24O3/c1-2-25-20-9-11-21(12-10-20)26-23(24)22-15-19(22)14-16-7-8-17-5-3-4-6-18(17)13-16/h2-6,9-12,16,19,22H,1,7-8,13-15H2. The van der Waals surface area contributed by atoms with Crippen LogP contribution in [0.4, 0.5) is 0 Å². The Labute approximate surface area is 154 Å². The molecule has 0 aliphatic heterocycles. The van der Waals surface area contributed by atoms with Gasteiger partial charge in [0.15, 0.2) is 0 Å². The van der Waals surface area contributed by atoms with E-state index in [1.807, 2.05) is 0 Å². The fourth-order valence-corrected chi connectivity index (χ4v) is 4.07. The van der Waals surface area contributed by atoms with Gasteiger partial charge in [-0.1, -0.05) is 30.8 Å². The Balaban J connectivity index is 1.27. The normalized spacial score (nSPS) is 23.6. The fourth-order valence-electron chi connectivity index (χ4n) is 4.07. The van der Waals surface area contributed by atoms with E-state index in [1.165, 1.54) is 30.2 Å². The van der Waals surface area contributed by atoms with Gasteiger partial charge < -0.3 is 9.47 Å². The first kappa shape index (κ1) is 16.9. The van der Waals surface area contributed by atoms with Crippen LogP contribution in [0.2, 0.25) is 0 Å². The number of hydrogen-bond donors (Lipinski definition) is 0. The van der Waals surface area contributed by atoms with Crippen LogP contribution in [0, 0.1) is 17.8 Å². The maximum Gasteiger partial charge on any atom is 0.314 e. The molecule has 1 saturated carbocycles. The number of esters is 1. The van der Waals surface area contributed by atoms with Crippen molar-refractivity contribution >= 4 is 5.97 Å². The van der Waals surface area contributed by atoms with Gasteiger partial charge in [-0.05, 0) is 79.3 Å². The van der Waals surface area contributed by atoms with Crippen LogP contribution in [0.5, 0.6) is 11.5 Å². The van der Waals surface area contributed by atoms with E-state index in [-0.39, 0.29) is 11.9 Å². The zero-order valence-electron chi connectivity index (χ0n) is 14.9. The Morgan fingerprint density at radius 1 is 1.08 bits per heavy atom. The maximum atomic E-state index is 12.4. The second-order valence-corrected chi connectivity index (χ2v) is 7.39. The van der Waals surface area contributed by atoms with Crippen molar-refractivity contribution < 1.29 is 14.3 Å². The number of rotatable bonds is 6. The summed E-state index contributed by atoms with van der Waals surface area (Å²) in [5.74, 6) is 2.41. The predicted octanol–water partition coefficient (Wildman–Crippen LogP) is 4.95. The molecule has 2 aliphatic rings. The average Bonchev–Trinajstić information content (AvgIpc) is 3.43. The highest BCUT2D eigenvalue weighted by Crippen LogP contribution is 2.46. The summed E-state index contributed by atoms with van der Waals surface area (Å²) in [5, 5.41) is 0. The van der Waals surface area contributed by atoms with Gasteiger partial charge in [-0.25, -0.2) is 0 Å². The minimum absolute atomic E-state index is 0.0660. The van der Waals surface area contributed by atoms with Crippen LogP contribution in [-0.2, 0) is 17.6 Å². The van der Waals surface area contributed by atoms with Crippen molar-refractivity contribution in [2.24, 2.45) is 17.8 Å². The lowest BCUT2D eigenvalue weighted by Gasteiger charge is -2.24. The molecule has 26 heavy (non-hydrogen) atoms. The van der Waals surface area contributed by atoms with Crippen molar-refractivity contribution in [1.29, 1.82) is 0 Å². The van der Waals surface area contributed by atoms with E-state index >= 15 is 0 Å². The van der Waals surface area contributed by atoms with Crippen LogP contribution in [0.25, 0.3) is 0 Å². The van der Waals surface area contributed by atoms with Gasteiger partial charge in [-0.2, -0.15) is 0 Å². The number of carbonyl (C=O) groups is 1. The van der Waals surface area contributed by atoms with Gasteiger partial charge in [0.25, 0.3) is 0 Å². The first-order chi connectivity index (χ1) is 12.7. The molecule has 0 saturated heterocycles. The zero-order chi connectivity index (χ0) is 17.9. The van der Waals surface area contributed by atoms with Gasteiger partial charge in [0.1, 0.15) is 11.5 Å². The number of aryl methyl sites for hydroxylation is 1. The Bertz CT molecular complexity index is 793. The Hall–Kier alpha value is -2.55. The number of carbonyl (C=O) groups excluding carboxylic acids is 1. The summed E-state index contributed by atoms with van der Waals surface area (Å²) in [5.41, 5.74) is 2.99. The van der Waals surface area contributed by atoms with Crippen molar-refractivity contribution in [3.63, 3.8) is 0 Å². The van der Waals surface area contributed by atoms with E-state index in [0.717, 1.165) is 19.3 Å². The average molecular weight is 348 g/mol. The lowest BCUT2D eigenvalue weighted by molar-refractivity contribution is -0.136. The third-order valence-electron chi connectivity index (χ3n) is 5.57. The highest BCUT2D eigenvalue weighted by Gasteiger charge is 2.45. The zero-order valence-corrected chi connectivity index (χ0v) is 14.9.